The smallest absolute Gasteiger partial charge is 0.321 e. The Kier molecular flexibility index (Phi) is 6.05. The van der Waals surface area contributed by atoms with Crippen LogP contribution >= 0.6 is 27.3 Å². The first kappa shape index (κ1) is 19.7. The predicted octanol–water partition coefficient (Wildman–Crippen LogP) is 3.14. The first-order valence-corrected chi connectivity index (χ1v) is 10.8. The molecule has 11 heteroatoms. The Morgan fingerprint density at radius 1 is 1.33 bits per heavy atom. The molecule has 3 rings (SSSR count). The van der Waals surface area contributed by atoms with Gasteiger partial charge in [-0.1, -0.05) is 28.1 Å². The number of nitrogens with zero attached hydrogens (tertiary/aromatic N) is 2. The molecule has 0 fully saturated rings. The molecule has 0 aliphatic heterocycles. The lowest BCUT2D eigenvalue weighted by molar-refractivity contribution is -0.148. The number of aromatic nitrogens is 2. The summed E-state index contributed by atoms with van der Waals surface area (Å²) in [5, 5.41) is 9.64. The summed E-state index contributed by atoms with van der Waals surface area (Å²) in [6, 6.07) is 9.82. The van der Waals surface area contributed by atoms with Crippen LogP contribution in [0.4, 0.5) is 0 Å². The van der Waals surface area contributed by atoms with E-state index in [1.807, 2.05) is 17.5 Å². The van der Waals surface area contributed by atoms with Crippen molar-refractivity contribution in [3.8, 4) is 10.8 Å². The Labute approximate surface area is 167 Å². The molecule has 0 spiro atoms. The van der Waals surface area contributed by atoms with Crippen molar-refractivity contribution in [2.75, 3.05) is 6.54 Å². The number of sulfonamides is 1. The van der Waals surface area contributed by atoms with E-state index in [1.165, 1.54) is 23.5 Å². The third-order valence-electron chi connectivity index (χ3n) is 3.34. The SMILES string of the molecule is CC(OC(=O)CNS(=O)(=O)c1cccc(Br)c1)c1nnc(-c2cccs2)o1. The van der Waals surface area contributed by atoms with Crippen LogP contribution in [0.5, 0.6) is 0 Å². The van der Waals surface area contributed by atoms with E-state index >= 15 is 0 Å². The van der Waals surface area contributed by atoms with E-state index in [0.717, 1.165) is 4.88 Å². The van der Waals surface area contributed by atoms with E-state index in [0.29, 0.717) is 10.4 Å². The van der Waals surface area contributed by atoms with Crippen LogP contribution < -0.4 is 4.72 Å². The monoisotopic (exact) mass is 471 g/mol. The van der Waals surface area contributed by atoms with Gasteiger partial charge in [-0.25, -0.2) is 8.42 Å². The number of carbonyl (C=O) groups is 1. The molecule has 1 atom stereocenters. The summed E-state index contributed by atoms with van der Waals surface area (Å²) in [6.07, 6.45) is -0.811. The lowest BCUT2D eigenvalue weighted by Gasteiger charge is -2.10. The fourth-order valence-corrected chi connectivity index (χ4v) is 4.27. The van der Waals surface area contributed by atoms with Gasteiger partial charge in [0.05, 0.1) is 9.77 Å². The van der Waals surface area contributed by atoms with Gasteiger partial charge in [0.25, 0.3) is 11.8 Å². The summed E-state index contributed by atoms with van der Waals surface area (Å²) >= 11 is 4.64. The molecule has 0 saturated carbocycles. The van der Waals surface area contributed by atoms with Gasteiger partial charge >= 0.3 is 5.97 Å². The molecule has 0 saturated heterocycles. The van der Waals surface area contributed by atoms with Gasteiger partial charge in [-0.05, 0) is 36.6 Å². The van der Waals surface area contributed by atoms with Crippen LogP contribution in [0.1, 0.15) is 18.9 Å². The van der Waals surface area contributed by atoms with Crippen molar-refractivity contribution in [1.29, 1.82) is 0 Å². The van der Waals surface area contributed by atoms with Crippen LogP contribution in [-0.2, 0) is 19.6 Å². The predicted molar refractivity (Wildman–Crippen MR) is 101 cm³/mol. The highest BCUT2D eigenvalue weighted by molar-refractivity contribution is 9.10. The Balaban J connectivity index is 1.57. The number of hydrogen-bond donors (Lipinski definition) is 1. The summed E-state index contributed by atoms with van der Waals surface area (Å²) < 4.78 is 37.8. The highest BCUT2D eigenvalue weighted by Crippen LogP contribution is 2.25. The molecule has 0 aliphatic rings. The molecular formula is C16H14BrN3O5S2. The minimum Gasteiger partial charge on any atom is -0.452 e. The van der Waals surface area contributed by atoms with E-state index in [-0.39, 0.29) is 10.8 Å². The summed E-state index contributed by atoms with van der Waals surface area (Å²) in [6.45, 7) is 1.04. The molecule has 3 aromatic rings. The number of nitrogens with one attached hydrogen (secondary N) is 1. The number of benzene rings is 1. The van der Waals surface area contributed by atoms with Crippen LogP contribution in [-0.4, -0.2) is 31.1 Å². The zero-order valence-electron chi connectivity index (χ0n) is 14.0. The quantitative estimate of drug-likeness (QED) is 0.526. The van der Waals surface area contributed by atoms with Crippen molar-refractivity contribution >= 4 is 43.3 Å². The van der Waals surface area contributed by atoms with Crippen molar-refractivity contribution in [1.82, 2.24) is 14.9 Å². The average molecular weight is 472 g/mol. The number of carbonyl (C=O) groups excluding carboxylic acids is 1. The molecule has 0 aliphatic carbocycles. The first-order valence-electron chi connectivity index (χ1n) is 7.67. The second-order valence-corrected chi connectivity index (χ2v) is 8.97. The minimum absolute atomic E-state index is 0.0372. The Morgan fingerprint density at radius 2 is 2.15 bits per heavy atom. The first-order chi connectivity index (χ1) is 12.8. The molecule has 1 aromatic carbocycles. The lowest BCUT2D eigenvalue weighted by atomic mass is 10.4. The molecular weight excluding hydrogens is 458 g/mol. The molecule has 142 valence electrons. The van der Waals surface area contributed by atoms with Crippen molar-refractivity contribution < 1.29 is 22.4 Å². The Hall–Kier alpha value is -2.08. The van der Waals surface area contributed by atoms with Gasteiger partial charge in [-0.15, -0.1) is 21.5 Å². The third-order valence-corrected chi connectivity index (χ3v) is 6.09. The highest BCUT2D eigenvalue weighted by Gasteiger charge is 2.21. The van der Waals surface area contributed by atoms with Gasteiger partial charge < -0.3 is 9.15 Å². The molecule has 1 unspecified atom stereocenters. The van der Waals surface area contributed by atoms with Crippen molar-refractivity contribution in [2.24, 2.45) is 0 Å². The second-order valence-electron chi connectivity index (χ2n) is 5.34. The van der Waals surface area contributed by atoms with Crippen LogP contribution in [0.25, 0.3) is 10.8 Å². The summed E-state index contributed by atoms with van der Waals surface area (Å²) in [5.74, 6) is -0.309. The molecule has 8 nitrogen and oxygen atoms in total. The third kappa shape index (κ3) is 5.01. The summed E-state index contributed by atoms with van der Waals surface area (Å²) in [7, 11) is -3.83. The van der Waals surface area contributed by atoms with Crippen LogP contribution in [0, 0.1) is 0 Å². The molecule has 0 radical (unpaired) electrons. The number of thiophene rings is 1. The molecule has 0 bridgehead atoms. The van der Waals surface area contributed by atoms with Gasteiger partial charge in [0.1, 0.15) is 6.54 Å². The maximum Gasteiger partial charge on any atom is 0.321 e. The van der Waals surface area contributed by atoms with Gasteiger partial charge in [-0.3, -0.25) is 4.79 Å². The van der Waals surface area contributed by atoms with E-state index in [9.17, 15) is 13.2 Å². The number of hydrogen-bond acceptors (Lipinski definition) is 8. The Morgan fingerprint density at radius 3 is 2.85 bits per heavy atom. The fourth-order valence-electron chi connectivity index (χ4n) is 2.06. The molecule has 2 aromatic heterocycles. The summed E-state index contributed by atoms with van der Waals surface area (Å²) in [5.41, 5.74) is 0. The summed E-state index contributed by atoms with van der Waals surface area (Å²) in [4.78, 5) is 12.8. The van der Waals surface area contributed by atoms with E-state index < -0.39 is 28.6 Å². The normalized spacial score (nSPS) is 12.7. The molecule has 27 heavy (non-hydrogen) atoms. The van der Waals surface area contributed by atoms with Crippen molar-refractivity contribution in [3.63, 3.8) is 0 Å². The highest BCUT2D eigenvalue weighted by atomic mass is 79.9. The minimum atomic E-state index is -3.83. The van der Waals surface area contributed by atoms with Crippen LogP contribution in [0.2, 0.25) is 0 Å². The van der Waals surface area contributed by atoms with Crippen LogP contribution in [0.15, 0.2) is 55.6 Å². The fraction of sp³-hybridized carbons (Fsp3) is 0.188. The van der Waals surface area contributed by atoms with Gasteiger partial charge in [-0.2, -0.15) is 4.72 Å². The van der Waals surface area contributed by atoms with E-state index in [2.05, 4.69) is 30.8 Å². The lowest BCUT2D eigenvalue weighted by Crippen LogP contribution is -2.31. The van der Waals surface area contributed by atoms with Gasteiger partial charge in [0.15, 0.2) is 6.10 Å². The molecule has 1 N–H and O–H groups in total. The maximum absolute atomic E-state index is 12.2. The zero-order chi connectivity index (χ0) is 19.4. The van der Waals surface area contributed by atoms with Crippen LogP contribution in [0.3, 0.4) is 0 Å². The van der Waals surface area contributed by atoms with Gasteiger partial charge in [0.2, 0.25) is 10.0 Å². The van der Waals surface area contributed by atoms with Crippen molar-refractivity contribution in [3.05, 3.63) is 52.1 Å². The largest absolute Gasteiger partial charge is 0.452 e. The van der Waals surface area contributed by atoms with E-state index in [4.69, 9.17) is 9.15 Å². The topological polar surface area (TPSA) is 111 Å². The van der Waals surface area contributed by atoms with E-state index in [1.54, 1.807) is 19.1 Å². The number of halogens is 1. The standard InChI is InChI=1S/C16H14BrN3O5S2/c1-10(15-19-20-16(25-15)13-6-3-7-26-13)24-14(21)9-18-27(22,23)12-5-2-4-11(17)8-12/h2-8,10,18H,9H2,1H3. The van der Waals surface area contributed by atoms with Gasteiger partial charge in [0, 0.05) is 4.47 Å². The number of rotatable bonds is 7. The zero-order valence-corrected chi connectivity index (χ0v) is 17.2. The molecule has 0 amide bonds. The van der Waals surface area contributed by atoms with Crippen molar-refractivity contribution in [2.45, 2.75) is 17.9 Å². The number of esters is 1. The number of ether oxygens (including phenoxy) is 1. The Bertz CT molecular complexity index is 1030. The second kappa shape index (κ2) is 8.30. The average Bonchev–Trinajstić information content (AvgIpc) is 3.31. The molecule has 2 heterocycles. The maximum atomic E-state index is 12.2.